The number of likely N-dealkylation sites (tertiary alicyclic amines) is 2. The van der Waals surface area contributed by atoms with E-state index in [4.69, 9.17) is 0 Å². The third-order valence-electron chi connectivity index (χ3n) is 4.81. The van der Waals surface area contributed by atoms with E-state index in [-0.39, 0.29) is 0 Å². The number of unbranched alkanes of at least 4 members (excludes halogenated alkanes) is 1. The van der Waals surface area contributed by atoms with Gasteiger partial charge in [0.05, 0.1) is 26.7 Å². The van der Waals surface area contributed by atoms with Crippen molar-refractivity contribution < 1.29 is 47.7 Å². The first kappa shape index (κ1) is 30.4. The summed E-state index contributed by atoms with van der Waals surface area (Å²) in [7, 11) is -8.86. The van der Waals surface area contributed by atoms with Crippen LogP contribution in [0, 0.1) is 0 Å². The van der Waals surface area contributed by atoms with E-state index < -0.39 is 31.1 Å². The third kappa shape index (κ3) is 11.2. The maximum absolute atomic E-state index is 11.4. The van der Waals surface area contributed by atoms with Crippen LogP contribution in [0.2, 0.25) is 0 Å². The number of hydrogen-bond donors (Lipinski definition) is 0. The molecule has 15 heteroatoms. The Bertz CT molecular complexity index is 685. The molecule has 188 valence electrons. The van der Waals surface area contributed by atoms with E-state index in [1.807, 2.05) is 0 Å². The Kier molecular flexibility index (Phi) is 11.8. The van der Waals surface area contributed by atoms with Gasteiger partial charge >= 0.3 is 11.0 Å². The quantitative estimate of drug-likeness (QED) is 0.418. The van der Waals surface area contributed by atoms with E-state index in [2.05, 4.69) is 25.9 Å². The van der Waals surface area contributed by atoms with Crippen LogP contribution in [0.1, 0.15) is 45.4 Å². The van der Waals surface area contributed by atoms with E-state index >= 15 is 0 Å². The monoisotopic (exact) mass is 507 g/mol. The lowest BCUT2D eigenvalue weighted by atomic mass is 10.3. The van der Waals surface area contributed by atoms with Crippen LogP contribution in [0.4, 0.5) is 26.3 Å². The van der Waals surface area contributed by atoms with Crippen LogP contribution in [0.3, 0.4) is 0 Å². The second kappa shape index (κ2) is 12.0. The summed E-state index contributed by atoms with van der Waals surface area (Å²) >= 11 is 0. The lowest BCUT2D eigenvalue weighted by Gasteiger charge is -2.28. The number of hydrogen-bond acceptors (Lipinski definition) is 5. The van der Waals surface area contributed by atoms with Crippen molar-refractivity contribution in [2.75, 3.05) is 46.8 Å². The number of quaternary nitrogens is 1. The largest absolute Gasteiger partial charge is 0.480 e. The summed E-state index contributed by atoms with van der Waals surface area (Å²) in [6, 6.07) is 0. The van der Waals surface area contributed by atoms with Crippen molar-refractivity contribution in [3.63, 3.8) is 0 Å². The fraction of sp³-hybridized carbons (Fsp3) is 1.00. The summed E-state index contributed by atoms with van der Waals surface area (Å²) in [5, 5.41) is 0. The molecule has 0 radical (unpaired) electrons. The minimum absolute atomic E-state index is 0.778. The fourth-order valence-corrected chi connectivity index (χ4v) is 4.66. The van der Waals surface area contributed by atoms with Gasteiger partial charge in [-0.1, -0.05) is 13.3 Å². The minimum Gasteiger partial charge on any atom is -0.421 e. The van der Waals surface area contributed by atoms with Crippen molar-refractivity contribution in [3.05, 3.63) is 4.13 Å². The van der Waals surface area contributed by atoms with Gasteiger partial charge in [0.2, 0.25) is 0 Å². The van der Waals surface area contributed by atoms with Gasteiger partial charge in [-0.2, -0.15) is 26.3 Å². The standard InChI is InChI=1S/C9H20N.C5H11N.C2F6NO4S2/c1-3-4-7-10(2)8-5-6-9-10;1-6-4-2-3-5-6;3-1(4,5)14(10,11)9-15(12,13)2(6,7)8/h3-9H2,1-2H3;2-5H2,1H3;/q+1;;-1. The molecule has 0 aliphatic carbocycles. The molecule has 7 nitrogen and oxygen atoms in total. The zero-order valence-electron chi connectivity index (χ0n) is 17.8. The van der Waals surface area contributed by atoms with E-state index in [0.717, 1.165) is 4.13 Å². The first-order chi connectivity index (χ1) is 13.9. The van der Waals surface area contributed by atoms with Crippen molar-refractivity contribution in [2.45, 2.75) is 56.5 Å². The Morgan fingerprint density at radius 2 is 1.23 bits per heavy atom. The maximum Gasteiger partial charge on any atom is 0.480 e. The molecular formula is C16H31F6N3O4S2. The molecule has 2 heterocycles. The zero-order chi connectivity index (χ0) is 24.6. The highest BCUT2D eigenvalue weighted by Gasteiger charge is 2.46. The normalized spacial score (nSPS) is 19.9. The average molecular weight is 508 g/mol. The Hall–Kier alpha value is -0.640. The Morgan fingerprint density at radius 1 is 0.839 bits per heavy atom. The van der Waals surface area contributed by atoms with Crippen LogP contribution < -0.4 is 0 Å². The summed E-state index contributed by atoms with van der Waals surface area (Å²) in [6.45, 7) is 9.19. The molecule has 0 spiro atoms. The summed E-state index contributed by atoms with van der Waals surface area (Å²) in [6.07, 6.45) is 8.51. The Labute approximate surface area is 180 Å². The minimum atomic E-state index is -6.72. The van der Waals surface area contributed by atoms with Crippen molar-refractivity contribution >= 4 is 20.0 Å². The van der Waals surface area contributed by atoms with Gasteiger partial charge in [0.25, 0.3) is 0 Å². The van der Waals surface area contributed by atoms with Gasteiger partial charge in [-0.05, 0) is 39.4 Å². The van der Waals surface area contributed by atoms with Gasteiger partial charge in [-0.3, -0.25) is 0 Å². The average Bonchev–Trinajstić information content (AvgIpc) is 3.23. The first-order valence-corrected chi connectivity index (χ1v) is 12.6. The number of nitrogens with zero attached hydrogens (tertiary/aromatic N) is 3. The number of alkyl halides is 6. The molecule has 2 fully saturated rings. The van der Waals surface area contributed by atoms with Crippen LogP contribution in [0.5, 0.6) is 0 Å². The molecule has 2 rings (SSSR count). The van der Waals surface area contributed by atoms with Crippen LogP contribution in [-0.4, -0.2) is 84.1 Å². The molecule has 0 saturated carbocycles. The molecule has 2 saturated heterocycles. The second-order valence-electron chi connectivity index (χ2n) is 7.78. The smallest absolute Gasteiger partial charge is 0.421 e. The molecule has 2 aliphatic heterocycles. The molecule has 2 aliphatic rings. The first-order valence-electron chi connectivity index (χ1n) is 9.76. The highest BCUT2D eigenvalue weighted by molar-refractivity contribution is 8.13. The Morgan fingerprint density at radius 3 is 1.48 bits per heavy atom. The second-order valence-corrected chi connectivity index (χ2v) is 11.2. The van der Waals surface area contributed by atoms with Crippen molar-refractivity contribution in [1.29, 1.82) is 0 Å². The van der Waals surface area contributed by atoms with Crippen molar-refractivity contribution in [1.82, 2.24) is 4.90 Å². The van der Waals surface area contributed by atoms with Crippen LogP contribution in [0.15, 0.2) is 0 Å². The van der Waals surface area contributed by atoms with Crippen LogP contribution >= 0.6 is 0 Å². The lowest BCUT2D eigenvalue weighted by Crippen LogP contribution is -2.41. The predicted octanol–water partition coefficient (Wildman–Crippen LogP) is 3.80. The summed E-state index contributed by atoms with van der Waals surface area (Å²) in [5.74, 6) is 0. The summed E-state index contributed by atoms with van der Waals surface area (Å²) in [5.41, 5.74) is -12.4. The van der Waals surface area contributed by atoms with E-state index in [9.17, 15) is 43.2 Å². The Balaban J connectivity index is 0.000000477. The highest BCUT2D eigenvalue weighted by Crippen LogP contribution is 2.36. The van der Waals surface area contributed by atoms with E-state index in [1.165, 1.54) is 75.7 Å². The molecule has 0 aromatic carbocycles. The van der Waals surface area contributed by atoms with Crippen LogP contribution in [-0.2, 0) is 20.0 Å². The molecule has 0 unspecified atom stereocenters. The highest BCUT2D eigenvalue weighted by atomic mass is 32.3. The molecule has 0 aromatic heterocycles. The predicted molar refractivity (Wildman–Crippen MR) is 105 cm³/mol. The zero-order valence-corrected chi connectivity index (χ0v) is 19.5. The van der Waals surface area contributed by atoms with Gasteiger partial charge < -0.3 is 13.5 Å². The SMILES string of the molecule is CCCC[N+]1(C)CCCC1.CN1CCCC1.O=S(=O)([N-]S(=O)(=O)C(F)(F)F)C(F)(F)F. The molecule has 0 bridgehead atoms. The van der Waals surface area contributed by atoms with Crippen LogP contribution in [0.25, 0.3) is 4.13 Å². The van der Waals surface area contributed by atoms with Gasteiger partial charge in [-0.25, -0.2) is 16.8 Å². The van der Waals surface area contributed by atoms with Gasteiger partial charge in [0, 0.05) is 12.8 Å². The molecule has 0 amide bonds. The van der Waals surface area contributed by atoms with Gasteiger partial charge in [-0.15, -0.1) is 0 Å². The maximum atomic E-state index is 11.4. The summed E-state index contributed by atoms with van der Waals surface area (Å²) < 4.78 is 111. The molecular weight excluding hydrogens is 476 g/mol. The fourth-order valence-electron chi connectivity index (χ4n) is 2.95. The van der Waals surface area contributed by atoms with E-state index in [1.54, 1.807) is 0 Å². The van der Waals surface area contributed by atoms with Crippen molar-refractivity contribution in [2.24, 2.45) is 0 Å². The molecule has 0 aromatic rings. The number of rotatable bonds is 5. The third-order valence-corrected chi connectivity index (χ3v) is 7.55. The molecule has 0 N–H and O–H groups in total. The van der Waals surface area contributed by atoms with Crippen molar-refractivity contribution in [3.8, 4) is 0 Å². The number of sulfonamides is 2. The molecule has 0 atom stereocenters. The number of halogens is 6. The molecule has 31 heavy (non-hydrogen) atoms. The topological polar surface area (TPSA) is 85.6 Å². The van der Waals surface area contributed by atoms with E-state index in [0.29, 0.717) is 0 Å². The summed E-state index contributed by atoms with van der Waals surface area (Å²) in [4.78, 5) is 2.36. The van der Waals surface area contributed by atoms with Gasteiger partial charge in [0.1, 0.15) is 0 Å². The lowest BCUT2D eigenvalue weighted by molar-refractivity contribution is -0.897. The van der Waals surface area contributed by atoms with Gasteiger partial charge in [0.15, 0.2) is 20.0 Å².